The zero-order valence-corrected chi connectivity index (χ0v) is 33.5. The average Bonchev–Trinajstić information content (AvgIpc) is 3.89. The van der Waals surface area contributed by atoms with E-state index in [1.165, 1.54) is 0 Å². The third-order valence-electron chi connectivity index (χ3n) is 10.3. The van der Waals surface area contributed by atoms with Crippen molar-refractivity contribution >= 4 is 92.3 Å². The molecule has 2 atom stereocenters. The molecule has 0 saturated heterocycles. The van der Waals surface area contributed by atoms with Gasteiger partial charge in [0.15, 0.2) is 0 Å². The first kappa shape index (κ1) is 44.9. The number of nitrogens with one attached hydrogen (secondary N) is 2. The molecule has 18 nitrogen and oxygen atoms in total. The number of carboxylic acid groups (broad SMARTS) is 4. The van der Waals surface area contributed by atoms with Gasteiger partial charge in [0, 0.05) is 63.6 Å². The predicted molar refractivity (Wildman–Crippen MR) is 225 cm³/mol. The van der Waals surface area contributed by atoms with E-state index in [4.69, 9.17) is 36.0 Å². The maximum Gasteiger partial charge on any atom is 0.321 e. The number of hydrogen-bond donors (Lipinski definition) is 8. The Hall–Kier alpha value is -7.18. The fraction of sp³-hybridized carbons (Fsp3) is 0.302. The Kier molecular flexibility index (Phi) is 14.2. The van der Waals surface area contributed by atoms with Gasteiger partial charge in [-0.25, -0.2) is 9.97 Å². The van der Waals surface area contributed by atoms with E-state index in [0.29, 0.717) is 72.4 Å². The summed E-state index contributed by atoms with van der Waals surface area (Å²) in [4.78, 5) is 88.5. The van der Waals surface area contributed by atoms with Crippen LogP contribution in [0.25, 0.3) is 56.5 Å². The van der Waals surface area contributed by atoms with Gasteiger partial charge in [0.25, 0.3) is 0 Å². The van der Waals surface area contributed by atoms with Gasteiger partial charge in [-0.3, -0.25) is 28.8 Å². The maximum absolute atomic E-state index is 12.8. The molecule has 0 fully saturated rings. The van der Waals surface area contributed by atoms with Crippen LogP contribution >= 0.6 is 0 Å². The van der Waals surface area contributed by atoms with Crippen molar-refractivity contribution in [2.24, 2.45) is 11.5 Å². The summed E-state index contributed by atoms with van der Waals surface area (Å²) in [7, 11) is 0. The Balaban J connectivity index is 1.82. The van der Waals surface area contributed by atoms with Gasteiger partial charge in [-0.05, 0) is 79.7 Å². The standard InChI is InChI=1S/C43H46N6O12/c1-5-22-20(3)30-14-33-23(6-2)26(18-60-40(54)12-9-28(44)42(56)57)36(48-33)15-31-21(4)24(7-10-38(50)51)34(47-31)17-35-25(8-11-39(52)53)27(37(49-35)16-32(22)46-30)19-61-41(55)13-29(45)43(58)59/h5-6,14-17,28-29,46,48H,1-2,7-13,18-19,44-45H2,3-4H3,(H,50,51)(H,52,53)(H,56,57)(H,58,59)/t28-,29-/m0/s1. The molecule has 8 bridgehead atoms. The second-order valence-electron chi connectivity index (χ2n) is 14.4. The van der Waals surface area contributed by atoms with Crippen molar-refractivity contribution in [1.29, 1.82) is 0 Å². The highest BCUT2D eigenvalue weighted by atomic mass is 16.5. The van der Waals surface area contributed by atoms with Crippen LogP contribution < -0.4 is 11.5 Å². The highest BCUT2D eigenvalue weighted by Gasteiger charge is 2.26. The molecule has 0 saturated carbocycles. The van der Waals surface area contributed by atoms with Gasteiger partial charge >= 0.3 is 35.8 Å². The van der Waals surface area contributed by atoms with Crippen LogP contribution in [0.15, 0.2) is 37.4 Å². The normalized spacial score (nSPS) is 13.4. The number of nitrogens with zero attached hydrogens (tertiary/aromatic N) is 2. The molecule has 320 valence electrons. The molecule has 10 N–H and O–H groups in total. The topological polar surface area (TPSA) is 311 Å². The number of fused-ring (bicyclic) bond motifs is 8. The van der Waals surface area contributed by atoms with E-state index in [9.17, 15) is 44.1 Å². The number of esters is 2. The number of aromatic amines is 2. The Bertz CT molecular complexity index is 2580. The van der Waals surface area contributed by atoms with Crippen LogP contribution in [0.4, 0.5) is 0 Å². The van der Waals surface area contributed by atoms with Crippen LogP contribution in [-0.2, 0) is 44.8 Å². The molecular weight excluding hydrogens is 793 g/mol. The molecule has 3 aromatic heterocycles. The first-order chi connectivity index (χ1) is 28.9. The summed E-state index contributed by atoms with van der Waals surface area (Å²) < 4.78 is 11.1. The first-order valence-electron chi connectivity index (χ1n) is 19.1. The minimum absolute atomic E-state index is 0.0594. The fourth-order valence-electron chi connectivity index (χ4n) is 6.96. The third kappa shape index (κ3) is 10.5. The molecular formula is C43H46N6O12. The number of hydrogen-bond acceptors (Lipinski definition) is 12. The second-order valence-corrected chi connectivity index (χ2v) is 14.4. The van der Waals surface area contributed by atoms with Crippen LogP contribution in [0.3, 0.4) is 0 Å². The smallest absolute Gasteiger partial charge is 0.321 e. The fourth-order valence-corrected chi connectivity index (χ4v) is 6.96. The number of rotatable bonds is 19. The van der Waals surface area contributed by atoms with E-state index in [0.717, 1.165) is 5.56 Å². The maximum atomic E-state index is 12.8. The summed E-state index contributed by atoms with van der Waals surface area (Å²) in [6, 6.07) is 4.07. The summed E-state index contributed by atoms with van der Waals surface area (Å²) >= 11 is 0. The van der Waals surface area contributed by atoms with E-state index >= 15 is 0 Å². The van der Waals surface area contributed by atoms with Gasteiger partial charge in [0.1, 0.15) is 25.3 Å². The second kappa shape index (κ2) is 19.3. The average molecular weight is 839 g/mol. The zero-order chi connectivity index (χ0) is 44.7. The Morgan fingerprint density at radius 3 is 1.82 bits per heavy atom. The molecule has 2 aliphatic heterocycles. The molecule has 61 heavy (non-hydrogen) atoms. The molecule has 0 aliphatic carbocycles. The molecule has 18 heteroatoms. The highest BCUT2D eigenvalue weighted by molar-refractivity contribution is 5.98. The SMILES string of the molecule is C=Cc1c(C)c2cc3[nH]c(cc4nc(cc5nc(cc1[nH]2)C(COC(=O)C[C@H](N)C(=O)O)=C5CCC(=O)O)C(CCC(=O)O)=C4C)c(COC(=O)CC[C@H](N)C(=O)O)c3C=C. The lowest BCUT2D eigenvalue weighted by Crippen LogP contribution is -2.33. The van der Waals surface area contributed by atoms with Gasteiger partial charge in [-0.15, -0.1) is 0 Å². The van der Waals surface area contributed by atoms with E-state index < -0.39 is 60.9 Å². The number of allylic oxidation sites excluding steroid dienone is 3. The molecule has 0 radical (unpaired) electrons. The van der Waals surface area contributed by atoms with E-state index in [1.54, 1.807) is 37.3 Å². The van der Waals surface area contributed by atoms with Crippen LogP contribution in [0.1, 0.15) is 96.9 Å². The van der Waals surface area contributed by atoms with Gasteiger partial charge in [-0.1, -0.05) is 25.3 Å². The molecule has 0 aromatic carbocycles. The number of carbonyl (C=O) groups excluding carboxylic acids is 2. The van der Waals surface area contributed by atoms with Crippen molar-refractivity contribution in [2.45, 2.75) is 77.5 Å². The van der Waals surface area contributed by atoms with Crippen molar-refractivity contribution in [1.82, 2.24) is 19.9 Å². The molecule has 5 heterocycles. The number of aliphatic carboxylic acids is 4. The van der Waals surface area contributed by atoms with Crippen molar-refractivity contribution < 1.29 is 58.7 Å². The largest absolute Gasteiger partial charge is 0.481 e. The van der Waals surface area contributed by atoms with Crippen LogP contribution in [0, 0.1) is 6.92 Å². The van der Waals surface area contributed by atoms with Gasteiger partial charge in [-0.2, -0.15) is 0 Å². The molecule has 5 rings (SSSR count). The lowest BCUT2D eigenvalue weighted by molar-refractivity contribution is -0.147. The summed E-state index contributed by atoms with van der Waals surface area (Å²) in [6.45, 7) is 11.0. The first-order valence-corrected chi connectivity index (χ1v) is 19.1. The third-order valence-corrected chi connectivity index (χ3v) is 10.3. The number of H-pyrrole nitrogens is 2. The van der Waals surface area contributed by atoms with Crippen LogP contribution in [0.5, 0.6) is 0 Å². The van der Waals surface area contributed by atoms with Crippen molar-refractivity contribution in [3.63, 3.8) is 0 Å². The number of aryl methyl sites for hydroxylation is 1. The quantitative estimate of drug-likeness (QED) is 0.0731. The Morgan fingerprint density at radius 2 is 1.20 bits per heavy atom. The lowest BCUT2D eigenvalue weighted by Gasteiger charge is -2.10. The zero-order valence-electron chi connectivity index (χ0n) is 33.5. The van der Waals surface area contributed by atoms with Gasteiger partial charge < -0.3 is 51.3 Å². The van der Waals surface area contributed by atoms with Crippen LogP contribution in [0.2, 0.25) is 0 Å². The van der Waals surface area contributed by atoms with E-state index in [2.05, 4.69) is 23.1 Å². The van der Waals surface area contributed by atoms with Gasteiger partial charge in [0.05, 0.1) is 29.2 Å². The van der Waals surface area contributed by atoms with Crippen molar-refractivity contribution in [2.75, 3.05) is 6.61 Å². The number of nitrogens with two attached hydrogens (primary N) is 2. The number of ether oxygens (including phenoxy) is 2. The van der Waals surface area contributed by atoms with Gasteiger partial charge in [0.2, 0.25) is 0 Å². The molecule has 0 amide bonds. The van der Waals surface area contributed by atoms with E-state index in [-0.39, 0.29) is 56.5 Å². The Morgan fingerprint density at radius 1 is 0.656 bits per heavy atom. The minimum atomic E-state index is -1.51. The number of aromatic nitrogens is 4. The Labute approximate surface area is 348 Å². The van der Waals surface area contributed by atoms with Crippen molar-refractivity contribution in [3.8, 4) is 0 Å². The molecule has 2 aliphatic rings. The molecule has 0 unspecified atom stereocenters. The minimum Gasteiger partial charge on any atom is -0.481 e. The van der Waals surface area contributed by atoms with E-state index in [1.807, 2.05) is 13.0 Å². The van der Waals surface area contributed by atoms with Crippen molar-refractivity contribution in [3.05, 3.63) is 82.5 Å². The summed E-state index contributed by atoms with van der Waals surface area (Å²) in [6.07, 6.45) is 1.63. The summed E-state index contributed by atoms with van der Waals surface area (Å²) in [5.74, 6) is -6.39. The number of carboxylic acids is 4. The lowest BCUT2D eigenvalue weighted by atomic mass is 9.98. The molecule has 3 aromatic rings. The summed E-state index contributed by atoms with van der Waals surface area (Å²) in [5, 5.41) is 37.8. The summed E-state index contributed by atoms with van der Waals surface area (Å²) in [5.41, 5.74) is 19.1. The number of carbonyl (C=O) groups is 6. The molecule has 0 spiro atoms. The van der Waals surface area contributed by atoms with Crippen LogP contribution in [-0.4, -0.2) is 94.9 Å². The highest BCUT2D eigenvalue weighted by Crippen LogP contribution is 2.39. The monoisotopic (exact) mass is 838 g/mol. The predicted octanol–water partition coefficient (Wildman–Crippen LogP) is 5.06.